The van der Waals surface area contributed by atoms with E-state index in [-0.39, 0.29) is 45.5 Å². The zero-order chi connectivity index (χ0) is 20.3. The molecule has 2 unspecified atom stereocenters. The van der Waals surface area contributed by atoms with Crippen molar-refractivity contribution in [2.24, 2.45) is 28.6 Å². The average Bonchev–Trinajstić information content (AvgIpc) is 2.91. The van der Waals surface area contributed by atoms with Crippen LogP contribution in [0.1, 0.15) is 33.6 Å². The smallest absolute Gasteiger partial charge is 0.253 e. The molecule has 148 valence electrons. The van der Waals surface area contributed by atoms with Gasteiger partial charge in [0.2, 0.25) is 0 Å². The van der Waals surface area contributed by atoms with Crippen LogP contribution in [0.5, 0.6) is 0 Å². The maximum absolute atomic E-state index is 13.3. The van der Waals surface area contributed by atoms with Gasteiger partial charge in [0, 0.05) is 16.1 Å². The van der Waals surface area contributed by atoms with E-state index in [2.05, 4.69) is 43.7 Å². The normalized spacial score (nSPS) is 33.4. The van der Waals surface area contributed by atoms with Crippen LogP contribution in [0.4, 0.5) is 5.69 Å². The molecule has 1 saturated carbocycles. The molecule has 1 aliphatic heterocycles. The van der Waals surface area contributed by atoms with E-state index in [9.17, 15) is 9.59 Å². The molecule has 2 N–H and O–H groups in total. The summed E-state index contributed by atoms with van der Waals surface area (Å²) in [6, 6.07) is 7.04. The summed E-state index contributed by atoms with van der Waals surface area (Å²) in [6.07, 6.45) is 6.21. The van der Waals surface area contributed by atoms with Crippen molar-refractivity contribution in [1.82, 2.24) is 10.4 Å². The van der Waals surface area contributed by atoms with Gasteiger partial charge in [0.1, 0.15) is 0 Å². The Morgan fingerprint density at radius 1 is 1.14 bits per heavy atom. The zero-order valence-electron chi connectivity index (χ0n) is 16.2. The van der Waals surface area contributed by atoms with Crippen molar-refractivity contribution in [3.05, 3.63) is 41.4 Å². The van der Waals surface area contributed by atoms with E-state index in [1.165, 1.54) is 0 Å². The van der Waals surface area contributed by atoms with Gasteiger partial charge in [-0.15, -0.1) is 0 Å². The van der Waals surface area contributed by atoms with Gasteiger partial charge in [-0.1, -0.05) is 44.5 Å². The molecule has 1 saturated heterocycles. The summed E-state index contributed by atoms with van der Waals surface area (Å²) >= 11 is 11.2. The first-order valence-electron chi connectivity index (χ1n) is 9.59. The molecular weight excluding hydrogens is 394 g/mol. The zero-order valence-corrected chi connectivity index (χ0v) is 17.7. The number of hydrazine groups is 1. The third-order valence-corrected chi connectivity index (χ3v) is 7.30. The molecular formula is C21H24ClN3O2S. The lowest BCUT2D eigenvalue weighted by molar-refractivity contribution is -0.142. The van der Waals surface area contributed by atoms with Crippen LogP contribution in [0.15, 0.2) is 36.4 Å². The number of carbonyl (C=O) groups excluding carboxylic acids is 2. The third kappa shape index (κ3) is 2.77. The van der Waals surface area contributed by atoms with Gasteiger partial charge in [0.15, 0.2) is 5.11 Å². The second-order valence-electron chi connectivity index (χ2n) is 8.65. The molecule has 2 fully saturated rings. The first-order valence-corrected chi connectivity index (χ1v) is 10.4. The average molecular weight is 418 g/mol. The fourth-order valence-electron chi connectivity index (χ4n) is 5.14. The van der Waals surface area contributed by atoms with Crippen molar-refractivity contribution in [2.75, 3.05) is 5.32 Å². The van der Waals surface area contributed by atoms with Gasteiger partial charge in [-0.2, -0.15) is 5.01 Å². The van der Waals surface area contributed by atoms with Crippen LogP contribution < -0.4 is 10.7 Å². The predicted molar refractivity (Wildman–Crippen MR) is 113 cm³/mol. The summed E-state index contributed by atoms with van der Waals surface area (Å²) in [5, 5.41) is 4.95. The fraction of sp³-hybridized carbons (Fsp3) is 0.476. The molecule has 28 heavy (non-hydrogen) atoms. The molecule has 1 aromatic carbocycles. The van der Waals surface area contributed by atoms with Gasteiger partial charge in [0.25, 0.3) is 11.8 Å². The Hall–Kier alpha value is -1.92. The van der Waals surface area contributed by atoms with Gasteiger partial charge in [0.05, 0.1) is 11.8 Å². The van der Waals surface area contributed by atoms with Gasteiger partial charge in [-0.25, -0.2) is 0 Å². The number of thiocarbonyl (C=S) groups is 1. The molecule has 5 nitrogen and oxygen atoms in total. The summed E-state index contributed by atoms with van der Waals surface area (Å²) in [5.74, 6) is -0.774. The standard InChI is InChI=1S/C21H24ClN3O2S/c1-12(2)21-10-8-20(3,9-11-21)15-16(21)18(27)25(17(15)26)24-19(28)23-14-6-4-13(22)5-7-14/h4-8,10,12,15-16H,9,11H2,1-3H3,(H2,23,24,28)/t15?,16?,20-,21+/m0/s1. The number of imide groups is 1. The highest BCUT2D eigenvalue weighted by Crippen LogP contribution is 2.63. The largest absolute Gasteiger partial charge is 0.331 e. The summed E-state index contributed by atoms with van der Waals surface area (Å²) in [6.45, 7) is 6.36. The number of fused-ring (bicyclic) bond motifs is 1. The lowest BCUT2D eigenvalue weighted by atomic mass is 9.46. The Labute approximate surface area is 175 Å². The van der Waals surface area contributed by atoms with Crippen LogP contribution in [-0.4, -0.2) is 21.9 Å². The number of rotatable bonds is 3. The minimum Gasteiger partial charge on any atom is -0.331 e. The number of halogens is 1. The highest BCUT2D eigenvalue weighted by molar-refractivity contribution is 7.80. The minimum atomic E-state index is -0.341. The fourth-order valence-corrected chi connectivity index (χ4v) is 5.47. The van der Waals surface area contributed by atoms with E-state index in [0.29, 0.717) is 5.02 Å². The van der Waals surface area contributed by atoms with Crippen LogP contribution >= 0.6 is 23.8 Å². The number of allylic oxidation sites excluding steroid dienone is 2. The molecule has 2 amide bonds. The molecule has 1 aromatic rings. The molecule has 4 atom stereocenters. The van der Waals surface area contributed by atoms with E-state index >= 15 is 0 Å². The van der Waals surface area contributed by atoms with E-state index in [1.54, 1.807) is 24.3 Å². The molecule has 0 spiro atoms. The minimum absolute atomic E-state index is 0.181. The van der Waals surface area contributed by atoms with E-state index < -0.39 is 0 Å². The van der Waals surface area contributed by atoms with Crippen LogP contribution in [0, 0.1) is 28.6 Å². The summed E-state index contributed by atoms with van der Waals surface area (Å²) < 4.78 is 0. The number of nitrogens with one attached hydrogen (secondary N) is 2. The van der Waals surface area contributed by atoms with Crippen molar-refractivity contribution < 1.29 is 9.59 Å². The molecule has 0 aromatic heterocycles. The Bertz CT molecular complexity index is 884. The molecule has 3 aliphatic carbocycles. The molecule has 4 aliphatic rings. The number of nitrogens with zero attached hydrogens (tertiary/aromatic N) is 1. The van der Waals surface area contributed by atoms with Crippen molar-refractivity contribution in [2.45, 2.75) is 33.6 Å². The Morgan fingerprint density at radius 2 is 1.79 bits per heavy atom. The lowest BCUT2D eigenvalue weighted by Crippen LogP contribution is -2.53. The lowest BCUT2D eigenvalue weighted by Gasteiger charge is -2.55. The first kappa shape index (κ1) is 19.4. The summed E-state index contributed by atoms with van der Waals surface area (Å²) in [4.78, 5) is 26.6. The van der Waals surface area contributed by atoms with Crippen LogP contribution in [0.2, 0.25) is 5.02 Å². The van der Waals surface area contributed by atoms with Crippen molar-refractivity contribution in [3.8, 4) is 0 Å². The number of hydrogen-bond acceptors (Lipinski definition) is 3. The van der Waals surface area contributed by atoms with Gasteiger partial charge in [-0.3, -0.25) is 15.0 Å². The number of amides is 2. The summed E-state index contributed by atoms with van der Waals surface area (Å²) in [7, 11) is 0. The van der Waals surface area contributed by atoms with Crippen LogP contribution in [0.3, 0.4) is 0 Å². The van der Waals surface area contributed by atoms with Crippen molar-refractivity contribution >= 4 is 46.4 Å². The van der Waals surface area contributed by atoms with E-state index in [4.69, 9.17) is 23.8 Å². The van der Waals surface area contributed by atoms with E-state index in [1.807, 2.05) is 0 Å². The van der Waals surface area contributed by atoms with E-state index in [0.717, 1.165) is 23.5 Å². The van der Waals surface area contributed by atoms with Gasteiger partial charge in [-0.05, 0) is 60.7 Å². The monoisotopic (exact) mass is 417 g/mol. The van der Waals surface area contributed by atoms with Gasteiger partial charge < -0.3 is 5.32 Å². The molecule has 1 heterocycles. The van der Waals surface area contributed by atoms with Crippen molar-refractivity contribution in [1.29, 1.82) is 0 Å². The molecule has 5 rings (SSSR count). The Balaban J connectivity index is 1.58. The maximum atomic E-state index is 13.3. The SMILES string of the molecule is CC(C)[C@@]12C=C[C@@](C)(CC1)C1C(=O)N(NC(=S)Nc3ccc(Cl)cc3)C(=O)C12. The number of hydrogen-bond donors (Lipinski definition) is 2. The predicted octanol–water partition coefficient (Wildman–Crippen LogP) is 4.15. The van der Waals surface area contributed by atoms with Crippen molar-refractivity contribution in [3.63, 3.8) is 0 Å². The van der Waals surface area contributed by atoms with Crippen LogP contribution in [-0.2, 0) is 9.59 Å². The van der Waals surface area contributed by atoms with Gasteiger partial charge >= 0.3 is 0 Å². The Morgan fingerprint density at radius 3 is 2.36 bits per heavy atom. The first-order chi connectivity index (χ1) is 13.2. The number of carbonyl (C=O) groups is 2. The molecule has 7 heteroatoms. The highest BCUT2D eigenvalue weighted by Gasteiger charge is 2.67. The third-order valence-electron chi connectivity index (χ3n) is 6.86. The van der Waals surface area contributed by atoms with Crippen LogP contribution in [0.25, 0.3) is 0 Å². The maximum Gasteiger partial charge on any atom is 0.253 e. The summed E-state index contributed by atoms with van der Waals surface area (Å²) in [5.41, 5.74) is 3.01. The topological polar surface area (TPSA) is 61.4 Å². The number of anilines is 1. The number of benzene rings is 1. The second-order valence-corrected chi connectivity index (χ2v) is 9.49. The second kappa shape index (κ2) is 6.56. The quantitative estimate of drug-likeness (QED) is 0.439. The Kier molecular flexibility index (Phi) is 4.55. The highest BCUT2D eigenvalue weighted by atomic mass is 35.5. The molecule has 0 radical (unpaired) electrons. The molecule has 2 bridgehead atoms.